The first kappa shape index (κ1) is 21.0. The van der Waals surface area contributed by atoms with E-state index < -0.39 is 10.0 Å². The number of nitrogen functional groups attached to an aromatic ring is 1. The van der Waals surface area contributed by atoms with Crippen molar-refractivity contribution in [3.63, 3.8) is 0 Å². The van der Waals surface area contributed by atoms with Crippen LogP contribution >= 0.6 is 0 Å². The van der Waals surface area contributed by atoms with Gasteiger partial charge in [0.25, 0.3) is 0 Å². The first-order chi connectivity index (χ1) is 13.9. The quantitative estimate of drug-likeness (QED) is 0.588. The third-order valence-corrected chi connectivity index (χ3v) is 7.04. The number of fused-ring (bicyclic) bond motifs is 1. The van der Waals surface area contributed by atoms with E-state index in [2.05, 4.69) is 11.5 Å². The van der Waals surface area contributed by atoms with Gasteiger partial charge in [0, 0.05) is 30.1 Å². The maximum atomic E-state index is 12.3. The molecule has 3 rings (SSSR count). The van der Waals surface area contributed by atoms with E-state index in [9.17, 15) is 8.42 Å². The zero-order chi connectivity index (χ0) is 21.2. The molecule has 0 saturated carbocycles. The van der Waals surface area contributed by atoms with Crippen LogP contribution < -0.4 is 14.8 Å². The summed E-state index contributed by atoms with van der Waals surface area (Å²) in [6, 6.07) is 13.5. The van der Waals surface area contributed by atoms with Crippen LogP contribution in [0.3, 0.4) is 0 Å². The van der Waals surface area contributed by atoms with E-state index in [0.717, 1.165) is 46.6 Å². The van der Waals surface area contributed by atoms with Gasteiger partial charge in [0.15, 0.2) is 0 Å². The molecule has 6 nitrogen and oxygen atoms in total. The Labute approximate surface area is 172 Å². The molecule has 2 aromatic carbocycles. The summed E-state index contributed by atoms with van der Waals surface area (Å²) in [5.41, 5.74) is 10.9. The van der Waals surface area contributed by atoms with Crippen molar-refractivity contribution in [2.75, 3.05) is 29.4 Å². The molecule has 0 spiro atoms. The summed E-state index contributed by atoms with van der Waals surface area (Å²) in [7, 11) is -1.65. The van der Waals surface area contributed by atoms with E-state index in [1.807, 2.05) is 49.4 Å². The molecular weight excluding hydrogens is 386 g/mol. The number of anilines is 2. The molecule has 0 bridgehead atoms. The summed E-state index contributed by atoms with van der Waals surface area (Å²) < 4.78 is 33.7. The Balaban J connectivity index is 2.13. The molecule has 0 aliphatic carbocycles. The molecule has 0 saturated heterocycles. The SMILES string of the molecule is CCCn1c(-c2ccc(N(CC)S(=O)(=O)CC)cc2)c(N)c2ccc(OC)cc21. The minimum absolute atomic E-state index is 0.0715. The Hall–Kier alpha value is -2.67. The molecule has 7 heteroatoms. The Bertz CT molecular complexity index is 1100. The summed E-state index contributed by atoms with van der Waals surface area (Å²) in [6.45, 7) is 6.84. The predicted octanol–water partition coefficient (Wildman–Crippen LogP) is 4.49. The number of methoxy groups -OCH3 is 1. The van der Waals surface area contributed by atoms with E-state index >= 15 is 0 Å². The zero-order valence-corrected chi connectivity index (χ0v) is 18.3. The molecule has 29 heavy (non-hydrogen) atoms. The molecule has 0 radical (unpaired) electrons. The number of aromatic nitrogens is 1. The predicted molar refractivity (Wildman–Crippen MR) is 121 cm³/mol. The Morgan fingerprint density at radius 1 is 1.07 bits per heavy atom. The number of benzene rings is 2. The molecule has 0 aliphatic rings. The number of sulfonamides is 1. The topological polar surface area (TPSA) is 77.6 Å². The number of hydrogen-bond acceptors (Lipinski definition) is 4. The van der Waals surface area contributed by atoms with Gasteiger partial charge < -0.3 is 15.0 Å². The van der Waals surface area contributed by atoms with Gasteiger partial charge in [-0.1, -0.05) is 19.1 Å². The van der Waals surface area contributed by atoms with Gasteiger partial charge in [-0.3, -0.25) is 4.31 Å². The fourth-order valence-electron chi connectivity index (χ4n) is 3.73. The zero-order valence-electron chi connectivity index (χ0n) is 17.5. The van der Waals surface area contributed by atoms with E-state index in [4.69, 9.17) is 10.5 Å². The summed E-state index contributed by atoms with van der Waals surface area (Å²) >= 11 is 0. The van der Waals surface area contributed by atoms with Gasteiger partial charge in [0.05, 0.1) is 35.4 Å². The van der Waals surface area contributed by atoms with Crippen molar-refractivity contribution in [1.82, 2.24) is 4.57 Å². The van der Waals surface area contributed by atoms with Crippen molar-refractivity contribution in [2.24, 2.45) is 0 Å². The van der Waals surface area contributed by atoms with Crippen molar-refractivity contribution in [3.8, 4) is 17.0 Å². The molecular formula is C22H29N3O3S. The maximum Gasteiger partial charge on any atom is 0.234 e. The van der Waals surface area contributed by atoms with Gasteiger partial charge in [-0.25, -0.2) is 8.42 Å². The highest BCUT2D eigenvalue weighted by molar-refractivity contribution is 7.92. The van der Waals surface area contributed by atoms with Crippen LogP contribution in [0.4, 0.5) is 11.4 Å². The van der Waals surface area contributed by atoms with Crippen molar-refractivity contribution in [3.05, 3.63) is 42.5 Å². The second-order valence-corrected chi connectivity index (χ2v) is 9.09. The number of aryl methyl sites for hydroxylation is 1. The van der Waals surface area contributed by atoms with Crippen molar-refractivity contribution >= 4 is 32.3 Å². The summed E-state index contributed by atoms with van der Waals surface area (Å²) in [5.74, 6) is 0.861. The smallest absolute Gasteiger partial charge is 0.234 e. The largest absolute Gasteiger partial charge is 0.497 e. The second kappa shape index (κ2) is 8.37. The highest BCUT2D eigenvalue weighted by Crippen LogP contribution is 2.38. The number of hydrogen-bond donors (Lipinski definition) is 1. The molecule has 1 heterocycles. The second-order valence-electron chi connectivity index (χ2n) is 6.91. The van der Waals surface area contributed by atoms with Gasteiger partial charge in [-0.05, 0) is 44.5 Å². The van der Waals surface area contributed by atoms with Gasteiger partial charge in [-0.2, -0.15) is 0 Å². The Morgan fingerprint density at radius 2 is 1.76 bits per heavy atom. The Kier molecular flexibility index (Phi) is 6.07. The minimum atomic E-state index is -3.30. The molecule has 1 aromatic heterocycles. The van der Waals surface area contributed by atoms with Crippen LogP contribution in [0.2, 0.25) is 0 Å². The molecule has 156 valence electrons. The normalized spacial score (nSPS) is 11.7. The first-order valence-electron chi connectivity index (χ1n) is 9.94. The standard InChI is InChI=1S/C22H29N3O3S/c1-5-14-24-20-15-18(28-4)12-13-19(20)21(23)22(24)16-8-10-17(11-9-16)25(6-2)29(26,27)7-3/h8-13,15H,5-7,14,23H2,1-4H3. The van der Waals surface area contributed by atoms with Crippen LogP contribution in [-0.2, 0) is 16.6 Å². The van der Waals surface area contributed by atoms with Gasteiger partial charge in [-0.15, -0.1) is 0 Å². The highest BCUT2D eigenvalue weighted by Gasteiger charge is 2.20. The lowest BCUT2D eigenvalue weighted by Gasteiger charge is -2.22. The van der Waals surface area contributed by atoms with Gasteiger partial charge in [0.2, 0.25) is 10.0 Å². The fraction of sp³-hybridized carbons (Fsp3) is 0.364. The van der Waals surface area contributed by atoms with Crippen LogP contribution in [0.5, 0.6) is 5.75 Å². The molecule has 0 amide bonds. The van der Waals surface area contributed by atoms with Crippen LogP contribution in [0.1, 0.15) is 27.2 Å². The monoisotopic (exact) mass is 415 g/mol. The maximum absolute atomic E-state index is 12.3. The molecule has 0 unspecified atom stereocenters. The van der Waals surface area contributed by atoms with Crippen molar-refractivity contribution in [2.45, 2.75) is 33.7 Å². The van der Waals surface area contributed by atoms with Crippen molar-refractivity contribution in [1.29, 1.82) is 0 Å². The van der Waals surface area contributed by atoms with Crippen LogP contribution in [0, 0.1) is 0 Å². The summed E-state index contributed by atoms with van der Waals surface area (Å²) in [4.78, 5) is 0. The third-order valence-electron chi connectivity index (χ3n) is 5.17. The number of nitrogens with zero attached hydrogens (tertiary/aromatic N) is 2. The van der Waals surface area contributed by atoms with Crippen LogP contribution in [0.25, 0.3) is 22.2 Å². The van der Waals surface area contributed by atoms with E-state index in [1.54, 1.807) is 14.0 Å². The van der Waals surface area contributed by atoms with E-state index in [-0.39, 0.29) is 5.75 Å². The highest BCUT2D eigenvalue weighted by atomic mass is 32.2. The molecule has 2 N–H and O–H groups in total. The third kappa shape index (κ3) is 3.79. The first-order valence-corrected chi connectivity index (χ1v) is 11.5. The fourth-order valence-corrected chi connectivity index (χ4v) is 4.88. The van der Waals surface area contributed by atoms with E-state index in [1.165, 1.54) is 4.31 Å². The molecule has 0 fully saturated rings. The van der Waals surface area contributed by atoms with Crippen LogP contribution in [0.15, 0.2) is 42.5 Å². The number of ether oxygens (including phenoxy) is 1. The lowest BCUT2D eigenvalue weighted by Crippen LogP contribution is -2.31. The Morgan fingerprint density at radius 3 is 2.31 bits per heavy atom. The van der Waals surface area contributed by atoms with Crippen LogP contribution in [-0.4, -0.2) is 32.4 Å². The van der Waals surface area contributed by atoms with Gasteiger partial charge in [0.1, 0.15) is 5.75 Å². The molecule has 0 aliphatic heterocycles. The lowest BCUT2D eigenvalue weighted by atomic mass is 10.1. The van der Waals surface area contributed by atoms with Gasteiger partial charge >= 0.3 is 0 Å². The number of nitrogens with two attached hydrogens (primary N) is 1. The average molecular weight is 416 g/mol. The minimum Gasteiger partial charge on any atom is -0.497 e. The van der Waals surface area contributed by atoms with Crippen molar-refractivity contribution < 1.29 is 13.2 Å². The molecule has 0 atom stereocenters. The average Bonchev–Trinajstić information content (AvgIpc) is 3.00. The number of rotatable bonds is 8. The summed E-state index contributed by atoms with van der Waals surface area (Å²) in [6.07, 6.45) is 0.962. The molecule has 3 aromatic rings. The lowest BCUT2D eigenvalue weighted by molar-refractivity contribution is 0.415. The summed E-state index contributed by atoms with van der Waals surface area (Å²) in [5, 5.41) is 0.988. The van der Waals surface area contributed by atoms with E-state index in [0.29, 0.717) is 12.2 Å².